The van der Waals surface area contributed by atoms with Gasteiger partial charge >= 0.3 is 0 Å². The lowest BCUT2D eigenvalue weighted by Crippen LogP contribution is -2.09. The highest BCUT2D eigenvalue weighted by molar-refractivity contribution is 7.11. The largest absolute Gasteiger partial charge is 0.484 e. The topological polar surface area (TPSA) is 86.0 Å². The molecule has 0 spiro atoms. The summed E-state index contributed by atoms with van der Waals surface area (Å²) in [5.41, 5.74) is 6.66. The molecule has 2 heterocycles. The second-order valence-corrected chi connectivity index (χ2v) is 4.72. The second kappa shape index (κ2) is 5.63. The molecule has 3 N–H and O–H groups in total. The lowest BCUT2D eigenvalue weighted by atomic mass is 10.4. The zero-order chi connectivity index (χ0) is 13.0. The van der Waals surface area contributed by atoms with Crippen LogP contribution in [0.5, 0.6) is 5.75 Å². The van der Waals surface area contributed by atoms with E-state index < -0.39 is 0 Å². The van der Waals surface area contributed by atoms with Crippen LogP contribution in [-0.2, 0) is 6.54 Å². The van der Waals surface area contributed by atoms with Crippen LogP contribution in [0.15, 0.2) is 18.6 Å². The molecule has 0 atom stereocenters. The number of ether oxygens (including phenoxy) is 1. The van der Waals surface area contributed by atoms with Crippen molar-refractivity contribution in [1.82, 2.24) is 14.3 Å². The van der Waals surface area contributed by atoms with Crippen LogP contribution < -0.4 is 15.8 Å². The summed E-state index contributed by atoms with van der Waals surface area (Å²) in [6.07, 6.45) is 3.28. The number of anilines is 2. The molecular formula is C11H15N5OS. The van der Waals surface area contributed by atoms with Crippen molar-refractivity contribution in [2.24, 2.45) is 0 Å². The highest BCUT2D eigenvalue weighted by atomic mass is 32.1. The first-order chi connectivity index (χ1) is 8.66. The van der Waals surface area contributed by atoms with Crippen LogP contribution in [0.2, 0.25) is 0 Å². The zero-order valence-corrected chi connectivity index (χ0v) is 11.1. The van der Waals surface area contributed by atoms with E-state index in [9.17, 15) is 0 Å². The van der Waals surface area contributed by atoms with Crippen LogP contribution in [-0.4, -0.2) is 20.4 Å². The Balaban J connectivity index is 2.05. The normalized spacial score (nSPS) is 10.6. The van der Waals surface area contributed by atoms with Crippen molar-refractivity contribution in [3.05, 3.63) is 24.3 Å². The van der Waals surface area contributed by atoms with Crippen molar-refractivity contribution in [2.45, 2.75) is 26.5 Å². The molecule has 2 aromatic rings. The van der Waals surface area contributed by atoms with E-state index in [0.717, 1.165) is 10.7 Å². The first-order valence-corrected chi connectivity index (χ1v) is 6.34. The van der Waals surface area contributed by atoms with E-state index in [4.69, 9.17) is 10.5 Å². The van der Waals surface area contributed by atoms with Crippen LogP contribution in [0.3, 0.4) is 0 Å². The van der Waals surface area contributed by atoms with Crippen molar-refractivity contribution in [3.8, 4) is 5.75 Å². The fourth-order valence-corrected chi connectivity index (χ4v) is 1.99. The van der Waals surface area contributed by atoms with Crippen LogP contribution in [0.1, 0.15) is 19.5 Å². The van der Waals surface area contributed by atoms with Gasteiger partial charge in [-0.15, -0.1) is 0 Å². The van der Waals surface area contributed by atoms with Crippen LogP contribution in [0.4, 0.5) is 10.8 Å². The maximum Gasteiger partial charge on any atom is 0.197 e. The molecule has 0 saturated carbocycles. The van der Waals surface area contributed by atoms with Gasteiger partial charge in [0, 0.05) is 6.20 Å². The molecule has 2 aromatic heterocycles. The summed E-state index contributed by atoms with van der Waals surface area (Å²) >= 11 is 1.28. The molecule has 96 valence electrons. The third kappa shape index (κ3) is 3.07. The molecule has 2 rings (SSSR count). The summed E-state index contributed by atoms with van der Waals surface area (Å²) in [4.78, 5) is 8.00. The number of hydrogen-bond acceptors (Lipinski definition) is 7. The summed E-state index contributed by atoms with van der Waals surface area (Å²) in [5.74, 6) is 1.03. The number of nitrogens with two attached hydrogens (primary N) is 1. The van der Waals surface area contributed by atoms with E-state index >= 15 is 0 Å². The first kappa shape index (κ1) is 12.6. The Morgan fingerprint density at radius 3 is 3.00 bits per heavy atom. The van der Waals surface area contributed by atoms with Crippen LogP contribution in [0.25, 0.3) is 0 Å². The summed E-state index contributed by atoms with van der Waals surface area (Å²) in [6, 6.07) is 1.85. The summed E-state index contributed by atoms with van der Waals surface area (Å²) < 4.78 is 9.71. The molecule has 18 heavy (non-hydrogen) atoms. The minimum absolute atomic E-state index is 0.0586. The van der Waals surface area contributed by atoms with Gasteiger partial charge in [0.25, 0.3) is 0 Å². The average Bonchev–Trinajstić information content (AvgIpc) is 2.69. The number of aromatic nitrogens is 3. The average molecular weight is 265 g/mol. The van der Waals surface area contributed by atoms with E-state index in [1.807, 2.05) is 19.9 Å². The van der Waals surface area contributed by atoms with E-state index in [1.54, 1.807) is 6.20 Å². The van der Waals surface area contributed by atoms with Gasteiger partial charge in [-0.3, -0.25) is 0 Å². The predicted molar refractivity (Wildman–Crippen MR) is 71.6 cm³/mol. The Kier molecular flexibility index (Phi) is 3.93. The highest BCUT2D eigenvalue weighted by Gasteiger charge is 2.14. The number of hydrogen-bond donors (Lipinski definition) is 2. The van der Waals surface area contributed by atoms with Crippen molar-refractivity contribution < 1.29 is 4.74 Å². The minimum Gasteiger partial charge on any atom is -0.484 e. The fraction of sp³-hybridized carbons (Fsp3) is 0.364. The minimum atomic E-state index is 0.0586. The van der Waals surface area contributed by atoms with Gasteiger partial charge in [-0.2, -0.15) is 4.37 Å². The van der Waals surface area contributed by atoms with Gasteiger partial charge in [-0.1, -0.05) is 0 Å². The van der Waals surface area contributed by atoms with Crippen molar-refractivity contribution >= 4 is 22.4 Å². The molecule has 0 aliphatic heterocycles. The van der Waals surface area contributed by atoms with Crippen molar-refractivity contribution in [1.29, 1.82) is 0 Å². The number of nitrogens with one attached hydrogen (secondary N) is 1. The zero-order valence-electron chi connectivity index (χ0n) is 10.3. The van der Waals surface area contributed by atoms with Gasteiger partial charge in [0.1, 0.15) is 6.33 Å². The van der Waals surface area contributed by atoms with E-state index in [0.29, 0.717) is 18.1 Å². The molecule has 7 heteroatoms. The molecule has 0 bridgehead atoms. The summed E-state index contributed by atoms with van der Waals surface area (Å²) in [6.45, 7) is 4.48. The molecule has 0 aliphatic rings. The monoisotopic (exact) mass is 265 g/mol. The SMILES string of the molecule is CC(C)Oc1c(N)nsc1NCc1ccncn1. The number of nitrogens with zero attached hydrogens (tertiary/aromatic N) is 3. The fourth-order valence-electron chi connectivity index (χ4n) is 1.35. The van der Waals surface area contributed by atoms with E-state index in [1.165, 1.54) is 17.9 Å². The van der Waals surface area contributed by atoms with Gasteiger partial charge < -0.3 is 15.8 Å². The lowest BCUT2D eigenvalue weighted by molar-refractivity contribution is 0.245. The molecule has 6 nitrogen and oxygen atoms in total. The second-order valence-electron chi connectivity index (χ2n) is 3.95. The number of rotatable bonds is 5. The van der Waals surface area contributed by atoms with Crippen molar-refractivity contribution in [2.75, 3.05) is 11.1 Å². The van der Waals surface area contributed by atoms with Gasteiger partial charge in [0.2, 0.25) is 0 Å². The molecule has 0 saturated heterocycles. The van der Waals surface area contributed by atoms with E-state index in [-0.39, 0.29) is 6.10 Å². The highest BCUT2D eigenvalue weighted by Crippen LogP contribution is 2.35. The summed E-state index contributed by atoms with van der Waals surface area (Å²) in [5, 5.41) is 4.04. The Morgan fingerprint density at radius 1 is 1.50 bits per heavy atom. The third-order valence-corrected chi connectivity index (χ3v) is 2.90. The molecule has 0 fully saturated rings. The smallest absolute Gasteiger partial charge is 0.197 e. The lowest BCUT2D eigenvalue weighted by Gasteiger charge is -2.11. The van der Waals surface area contributed by atoms with Gasteiger partial charge in [0.15, 0.2) is 16.6 Å². The van der Waals surface area contributed by atoms with Crippen LogP contribution in [0, 0.1) is 0 Å². The first-order valence-electron chi connectivity index (χ1n) is 5.57. The maximum absolute atomic E-state index is 5.77. The Bertz CT molecular complexity index is 499. The van der Waals surface area contributed by atoms with Gasteiger partial charge in [0.05, 0.1) is 18.3 Å². The number of nitrogen functional groups attached to an aromatic ring is 1. The van der Waals surface area contributed by atoms with Gasteiger partial charge in [-0.05, 0) is 31.4 Å². The Labute approximate surface area is 109 Å². The summed E-state index contributed by atoms with van der Waals surface area (Å²) in [7, 11) is 0. The van der Waals surface area contributed by atoms with Crippen LogP contribution >= 0.6 is 11.5 Å². The quantitative estimate of drug-likeness (QED) is 0.859. The van der Waals surface area contributed by atoms with Gasteiger partial charge in [-0.25, -0.2) is 9.97 Å². The standard InChI is InChI=1S/C11H15N5OS/c1-7(2)17-9-10(12)16-18-11(9)14-5-8-3-4-13-6-15-8/h3-4,6-7,14H,5H2,1-2H3,(H2,12,16). The molecule has 0 amide bonds. The molecule has 0 radical (unpaired) electrons. The molecule has 0 aromatic carbocycles. The molecular weight excluding hydrogens is 250 g/mol. The molecule has 0 aliphatic carbocycles. The predicted octanol–water partition coefficient (Wildman–Crippen LogP) is 1.91. The van der Waals surface area contributed by atoms with E-state index in [2.05, 4.69) is 19.7 Å². The Morgan fingerprint density at radius 2 is 2.33 bits per heavy atom. The third-order valence-electron chi connectivity index (χ3n) is 2.10. The Hall–Kier alpha value is -1.89. The molecule has 0 unspecified atom stereocenters. The van der Waals surface area contributed by atoms with Crippen molar-refractivity contribution in [3.63, 3.8) is 0 Å². The maximum atomic E-state index is 5.77.